The van der Waals surface area contributed by atoms with Gasteiger partial charge in [0.15, 0.2) is 11.5 Å². The Balaban J connectivity index is 1.65. The molecule has 2 aromatic carbocycles. The van der Waals surface area contributed by atoms with Crippen LogP contribution in [-0.4, -0.2) is 30.5 Å². The number of nitrogens with one attached hydrogen (secondary N) is 2. The molecule has 7 heteroatoms. The van der Waals surface area contributed by atoms with Crippen LogP contribution in [0.1, 0.15) is 21.5 Å². The number of ether oxygens (including phenoxy) is 2. The highest BCUT2D eigenvalue weighted by Crippen LogP contribution is 2.28. The van der Waals surface area contributed by atoms with Crippen molar-refractivity contribution in [2.75, 3.05) is 19.0 Å². The molecule has 1 aromatic heterocycles. The second kappa shape index (κ2) is 11.7. The van der Waals surface area contributed by atoms with Crippen LogP contribution in [0.2, 0.25) is 0 Å². The number of pyridine rings is 1. The van der Waals surface area contributed by atoms with E-state index in [4.69, 9.17) is 15.9 Å². The van der Waals surface area contributed by atoms with E-state index in [0.29, 0.717) is 29.3 Å². The summed E-state index contributed by atoms with van der Waals surface area (Å²) < 4.78 is 10.7. The summed E-state index contributed by atoms with van der Waals surface area (Å²) in [5.41, 5.74) is 2.38. The number of aromatic nitrogens is 1. The lowest BCUT2D eigenvalue weighted by Crippen LogP contribution is -2.24. The zero-order valence-corrected chi connectivity index (χ0v) is 18.1. The molecule has 3 aromatic rings. The lowest BCUT2D eigenvalue weighted by atomic mass is 10.1. The van der Waals surface area contributed by atoms with Crippen molar-refractivity contribution in [1.82, 2.24) is 10.3 Å². The van der Waals surface area contributed by atoms with Gasteiger partial charge < -0.3 is 20.1 Å². The van der Waals surface area contributed by atoms with Gasteiger partial charge in [-0.15, -0.1) is 6.42 Å². The molecule has 0 aliphatic heterocycles. The van der Waals surface area contributed by atoms with Gasteiger partial charge in [0.25, 0.3) is 5.91 Å². The van der Waals surface area contributed by atoms with Gasteiger partial charge in [0, 0.05) is 25.0 Å². The highest BCUT2D eigenvalue weighted by molar-refractivity contribution is 6.07. The average molecular weight is 441 g/mol. The average Bonchev–Trinajstić information content (AvgIpc) is 2.86. The summed E-state index contributed by atoms with van der Waals surface area (Å²) in [5, 5.41) is 5.58. The molecule has 0 spiro atoms. The molecule has 33 heavy (non-hydrogen) atoms. The van der Waals surface area contributed by atoms with E-state index in [1.54, 1.807) is 67.0 Å². The number of nitrogens with zero attached hydrogens (tertiary/aromatic N) is 1. The van der Waals surface area contributed by atoms with E-state index in [0.717, 1.165) is 11.1 Å². The summed E-state index contributed by atoms with van der Waals surface area (Å²) in [6, 6.07) is 15.7. The van der Waals surface area contributed by atoms with Crippen molar-refractivity contribution in [2.45, 2.75) is 6.54 Å². The zero-order valence-electron chi connectivity index (χ0n) is 18.1. The molecule has 2 N–H and O–H groups in total. The molecule has 0 aliphatic carbocycles. The van der Waals surface area contributed by atoms with Crippen molar-refractivity contribution < 1.29 is 19.1 Å². The standard InChI is InChI=1S/C26H23N3O4/c1-3-15-33-23-12-10-19(16-24(23)32-2)11-13-25(30)29-22-9-5-4-8-21(22)26(31)28-18-20-7-6-14-27-17-20/h1,4-14,16-17H,15,18H2,2H3,(H,28,31)(H,29,30). The van der Waals surface area contributed by atoms with Crippen LogP contribution in [0.5, 0.6) is 11.5 Å². The Morgan fingerprint density at radius 1 is 1.12 bits per heavy atom. The number of para-hydroxylation sites is 1. The summed E-state index contributed by atoms with van der Waals surface area (Å²) in [4.78, 5) is 29.2. The Kier molecular flexibility index (Phi) is 8.21. The number of anilines is 1. The molecular weight excluding hydrogens is 418 g/mol. The van der Waals surface area contributed by atoms with Crippen LogP contribution in [0.25, 0.3) is 6.08 Å². The van der Waals surface area contributed by atoms with Crippen LogP contribution in [-0.2, 0) is 11.3 Å². The highest BCUT2D eigenvalue weighted by Gasteiger charge is 2.12. The van der Waals surface area contributed by atoms with E-state index in [1.807, 2.05) is 6.07 Å². The highest BCUT2D eigenvalue weighted by atomic mass is 16.5. The van der Waals surface area contributed by atoms with Gasteiger partial charge >= 0.3 is 0 Å². The van der Waals surface area contributed by atoms with Crippen LogP contribution >= 0.6 is 0 Å². The maximum absolute atomic E-state index is 12.6. The fourth-order valence-corrected chi connectivity index (χ4v) is 2.94. The molecule has 0 saturated heterocycles. The lowest BCUT2D eigenvalue weighted by molar-refractivity contribution is -0.111. The summed E-state index contributed by atoms with van der Waals surface area (Å²) in [6.07, 6.45) is 11.6. The minimum Gasteiger partial charge on any atom is -0.493 e. The van der Waals surface area contributed by atoms with Gasteiger partial charge in [0.2, 0.25) is 5.91 Å². The van der Waals surface area contributed by atoms with E-state index in [-0.39, 0.29) is 18.4 Å². The number of methoxy groups -OCH3 is 1. The lowest BCUT2D eigenvalue weighted by Gasteiger charge is -2.11. The molecule has 0 fully saturated rings. The molecule has 0 atom stereocenters. The van der Waals surface area contributed by atoms with Crippen LogP contribution in [0.15, 0.2) is 73.1 Å². The normalized spacial score (nSPS) is 10.3. The van der Waals surface area contributed by atoms with Gasteiger partial charge in [-0.25, -0.2) is 0 Å². The first-order valence-electron chi connectivity index (χ1n) is 10.1. The van der Waals surface area contributed by atoms with E-state index in [2.05, 4.69) is 21.5 Å². The number of amides is 2. The molecule has 0 saturated carbocycles. The van der Waals surface area contributed by atoms with Gasteiger partial charge in [-0.1, -0.05) is 30.2 Å². The van der Waals surface area contributed by atoms with Crippen molar-refractivity contribution in [2.24, 2.45) is 0 Å². The van der Waals surface area contributed by atoms with Crippen molar-refractivity contribution in [1.29, 1.82) is 0 Å². The monoisotopic (exact) mass is 441 g/mol. The van der Waals surface area contributed by atoms with E-state index >= 15 is 0 Å². The van der Waals surface area contributed by atoms with Gasteiger partial charge in [0.05, 0.1) is 18.4 Å². The first-order chi connectivity index (χ1) is 16.1. The third kappa shape index (κ3) is 6.71. The Hall–Kier alpha value is -4.57. The molecule has 0 bridgehead atoms. The molecule has 3 rings (SSSR count). The quantitative estimate of drug-likeness (QED) is 0.391. The maximum atomic E-state index is 12.6. The third-order valence-corrected chi connectivity index (χ3v) is 4.53. The van der Waals surface area contributed by atoms with Crippen molar-refractivity contribution in [3.8, 4) is 23.8 Å². The predicted octanol–water partition coefficient (Wildman–Crippen LogP) is 3.68. The Morgan fingerprint density at radius 3 is 2.73 bits per heavy atom. The Bertz CT molecular complexity index is 1180. The van der Waals surface area contributed by atoms with Crippen molar-refractivity contribution in [3.63, 3.8) is 0 Å². The molecule has 2 amide bonds. The van der Waals surface area contributed by atoms with Crippen LogP contribution in [0.3, 0.4) is 0 Å². The molecule has 0 radical (unpaired) electrons. The molecule has 0 unspecified atom stereocenters. The van der Waals surface area contributed by atoms with E-state index < -0.39 is 0 Å². The molecule has 166 valence electrons. The van der Waals surface area contributed by atoms with Gasteiger partial charge in [0.1, 0.15) is 6.61 Å². The number of terminal acetylenes is 1. The summed E-state index contributed by atoms with van der Waals surface area (Å²) >= 11 is 0. The van der Waals surface area contributed by atoms with Gasteiger partial charge in [-0.05, 0) is 47.5 Å². The van der Waals surface area contributed by atoms with Crippen LogP contribution in [0.4, 0.5) is 5.69 Å². The molecule has 1 heterocycles. The number of carbonyl (C=O) groups excluding carboxylic acids is 2. The second-order valence-corrected chi connectivity index (χ2v) is 6.82. The van der Waals surface area contributed by atoms with Gasteiger partial charge in [-0.2, -0.15) is 0 Å². The summed E-state index contributed by atoms with van der Waals surface area (Å²) in [5.74, 6) is 2.74. The SMILES string of the molecule is C#CCOc1ccc(C=CC(=O)Nc2ccccc2C(=O)NCc2cccnc2)cc1OC. The Labute approximate surface area is 192 Å². The van der Waals surface area contributed by atoms with Crippen LogP contribution in [0, 0.1) is 12.3 Å². The molecule has 7 nitrogen and oxygen atoms in total. The first-order valence-corrected chi connectivity index (χ1v) is 10.1. The minimum atomic E-state index is -0.380. The minimum absolute atomic E-state index is 0.128. The van der Waals surface area contributed by atoms with Crippen molar-refractivity contribution in [3.05, 3.63) is 89.8 Å². The van der Waals surface area contributed by atoms with E-state index in [9.17, 15) is 9.59 Å². The largest absolute Gasteiger partial charge is 0.493 e. The van der Waals surface area contributed by atoms with Crippen molar-refractivity contribution >= 4 is 23.6 Å². The fraction of sp³-hybridized carbons (Fsp3) is 0.115. The smallest absolute Gasteiger partial charge is 0.253 e. The predicted molar refractivity (Wildman–Crippen MR) is 127 cm³/mol. The maximum Gasteiger partial charge on any atom is 0.253 e. The fourth-order valence-electron chi connectivity index (χ4n) is 2.94. The van der Waals surface area contributed by atoms with Gasteiger partial charge in [-0.3, -0.25) is 14.6 Å². The molecule has 0 aliphatic rings. The zero-order chi connectivity index (χ0) is 23.5. The number of hydrogen-bond donors (Lipinski definition) is 2. The molecular formula is C26H23N3O4. The topological polar surface area (TPSA) is 89.5 Å². The number of benzene rings is 2. The van der Waals surface area contributed by atoms with E-state index in [1.165, 1.54) is 13.2 Å². The van der Waals surface area contributed by atoms with Crippen LogP contribution < -0.4 is 20.1 Å². The third-order valence-electron chi connectivity index (χ3n) is 4.53. The summed E-state index contributed by atoms with van der Waals surface area (Å²) in [7, 11) is 1.52. The number of carbonyl (C=O) groups is 2. The number of rotatable bonds is 9. The second-order valence-electron chi connectivity index (χ2n) is 6.82. The summed E-state index contributed by atoms with van der Waals surface area (Å²) in [6.45, 7) is 0.459. The number of hydrogen-bond acceptors (Lipinski definition) is 5. The Morgan fingerprint density at radius 2 is 1.97 bits per heavy atom. The first kappa shape index (κ1) is 23.1.